The average Bonchev–Trinajstić information content (AvgIpc) is 2.97. The maximum atomic E-state index is 12.6. The molecule has 6 heteroatoms. The Morgan fingerprint density at radius 1 is 1.30 bits per heavy atom. The number of aromatic amines is 1. The van der Waals surface area contributed by atoms with E-state index in [4.69, 9.17) is 11.6 Å². The second-order valence-electron chi connectivity index (χ2n) is 5.61. The molecule has 0 atom stereocenters. The van der Waals surface area contributed by atoms with E-state index >= 15 is 0 Å². The first kappa shape index (κ1) is 15.9. The van der Waals surface area contributed by atoms with E-state index in [1.54, 1.807) is 10.4 Å². The molecule has 2 rings (SSSR count). The van der Waals surface area contributed by atoms with Crippen molar-refractivity contribution in [3.05, 3.63) is 18.0 Å². The van der Waals surface area contributed by atoms with E-state index < -0.39 is 10.0 Å². The van der Waals surface area contributed by atoms with Crippen molar-refractivity contribution >= 4 is 21.6 Å². The van der Waals surface area contributed by atoms with Crippen LogP contribution < -0.4 is 0 Å². The van der Waals surface area contributed by atoms with E-state index in [2.05, 4.69) is 18.8 Å². The summed E-state index contributed by atoms with van der Waals surface area (Å²) in [5.74, 6) is 0.296. The fourth-order valence-corrected chi connectivity index (χ4v) is 4.57. The van der Waals surface area contributed by atoms with Gasteiger partial charge in [-0.15, -0.1) is 11.6 Å². The lowest BCUT2D eigenvalue weighted by Crippen LogP contribution is -2.42. The number of hydrogen-bond donors (Lipinski definition) is 1. The molecule has 1 N–H and O–H groups in total. The standard InChI is InChI=1S/C14H23ClN2O2S/c1-3-14(4-2)5-7-17(8-6-14)20(18,19)13-9-12(10-15)16-11-13/h9,11,16H,3-8,10H2,1-2H3. The highest BCUT2D eigenvalue weighted by Gasteiger charge is 2.36. The molecule has 0 unspecified atom stereocenters. The molecule has 0 radical (unpaired) electrons. The number of alkyl halides is 1. The number of nitrogens with one attached hydrogen (secondary N) is 1. The number of hydrogen-bond acceptors (Lipinski definition) is 2. The molecule has 4 nitrogen and oxygen atoms in total. The van der Waals surface area contributed by atoms with E-state index in [1.807, 2.05) is 0 Å². The predicted molar refractivity (Wildman–Crippen MR) is 81.4 cm³/mol. The van der Waals surface area contributed by atoms with Crippen molar-refractivity contribution in [1.29, 1.82) is 0 Å². The summed E-state index contributed by atoms with van der Waals surface area (Å²) in [5.41, 5.74) is 1.06. The van der Waals surface area contributed by atoms with Gasteiger partial charge in [0.2, 0.25) is 10.0 Å². The van der Waals surface area contributed by atoms with Crippen LogP contribution in [-0.2, 0) is 15.9 Å². The van der Waals surface area contributed by atoms with E-state index in [9.17, 15) is 8.42 Å². The van der Waals surface area contributed by atoms with Crippen LogP contribution in [0.15, 0.2) is 17.2 Å². The topological polar surface area (TPSA) is 53.2 Å². The zero-order chi connectivity index (χ0) is 14.8. The molecule has 0 amide bonds. The molecule has 1 saturated heterocycles. The van der Waals surface area contributed by atoms with Gasteiger partial charge >= 0.3 is 0 Å². The van der Waals surface area contributed by atoms with E-state index in [1.165, 1.54) is 6.20 Å². The quantitative estimate of drug-likeness (QED) is 0.846. The first-order valence-corrected chi connectivity index (χ1v) is 9.18. The van der Waals surface area contributed by atoms with Crippen LogP contribution in [0.4, 0.5) is 0 Å². The maximum absolute atomic E-state index is 12.6. The average molecular weight is 319 g/mol. The second-order valence-corrected chi connectivity index (χ2v) is 7.81. The molecule has 1 aliphatic rings. The number of H-pyrrole nitrogens is 1. The third-order valence-corrected chi connectivity index (χ3v) is 6.95. The van der Waals surface area contributed by atoms with Gasteiger partial charge < -0.3 is 4.98 Å². The van der Waals surface area contributed by atoms with Crippen molar-refractivity contribution in [3.63, 3.8) is 0 Å². The first-order valence-electron chi connectivity index (χ1n) is 7.21. The zero-order valence-corrected chi connectivity index (χ0v) is 13.7. The summed E-state index contributed by atoms with van der Waals surface area (Å²) < 4.78 is 26.7. The Morgan fingerprint density at radius 3 is 2.35 bits per heavy atom. The third-order valence-electron chi connectivity index (χ3n) is 4.78. The number of rotatable bonds is 5. The Labute approximate surface area is 126 Å². The van der Waals surface area contributed by atoms with Crippen molar-refractivity contribution in [1.82, 2.24) is 9.29 Å². The van der Waals surface area contributed by atoms with E-state index in [-0.39, 0.29) is 0 Å². The second kappa shape index (κ2) is 6.08. The van der Waals surface area contributed by atoms with Crippen LogP contribution in [0.25, 0.3) is 0 Å². The predicted octanol–water partition coefficient (Wildman–Crippen LogP) is 3.34. The highest BCUT2D eigenvalue weighted by molar-refractivity contribution is 7.89. The van der Waals surface area contributed by atoms with Gasteiger partial charge in [-0.05, 0) is 24.3 Å². The fourth-order valence-electron chi connectivity index (χ4n) is 2.95. The summed E-state index contributed by atoms with van der Waals surface area (Å²) in [5, 5.41) is 0. The summed E-state index contributed by atoms with van der Waals surface area (Å²) in [6, 6.07) is 1.63. The molecule has 114 valence electrons. The summed E-state index contributed by atoms with van der Waals surface area (Å²) in [6.45, 7) is 5.63. The molecule has 1 aromatic rings. The van der Waals surface area contributed by atoms with Gasteiger partial charge in [0.15, 0.2) is 0 Å². The van der Waals surface area contributed by atoms with Crippen LogP contribution in [0.1, 0.15) is 45.2 Å². The summed E-state index contributed by atoms with van der Waals surface area (Å²) in [4.78, 5) is 3.23. The lowest BCUT2D eigenvalue weighted by atomic mass is 9.75. The normalized spacial score (nSPS) is 20.1. The molecule has 0 aromatic carbocycles. The number of sulfonamides is 1. The Morgan fingerprint density at radius 2 is 1.90 bits per heavy atom. The van der Waals surface area contributed by atoms with Gasteiger partial charge in [0.1, 0.15) is 0 Å². The molecule has 0 bridgehead atoms. The Kier molecular flexibility index (Phi) is 4.82. The van der Waals surface area contributed by atoms with Gasteiger partial charge in [-0.3, -0.25) is 0 Å². The van der Waals surface area contributed by atoms with Crippen molar-refractivity contribution in [2.45, 2.75) is 50.3 Å². The van der Waals surface area contributed by atoms with Crippen LogP contribution >= 0.6 is 11.6 Å². The lowest BCUT2D eigenvalue weighted by Gasteiger charge is -2.40. The van der Waals surface area contributed by atoms with Crippen LogP contribution in [0.5, 0.6) is 0 Å². The van der Waals surface area contributed by atoms with Gasteiger partial charge in [0, 0.05) is 25.0 Å². The van der Waals surface area contributed by atoms with Crippen LogP contribution in [-0.4, -0.2) is 30.8 Å². The number of nitrogens with zero attached hydrogens (tertiary/aromatic N) is 1. The minimum absolute atomic E-state index is 0.296. The monoisotopic (exact) mass is 318 g/mol. The van der Waals surface area contributed by atoms with Crippen molar-refractivity contribution < 1.29 is 8.42 Å². The summed E-state index contributed by atoms with van der Waals surface area (Å²) >= 11 is 5.71. The Hall–Kier alpha value is -0.520. The van der Waals surface area contributed by atoms with Gasteiger partial charge in [-0.25, -0.2) is 8.42 Å². The fraction of sp³-hybridized carbons (Fsp3) is 0.714. The smallest absolute Gasteiger partial charge is 0.244 e. The van der Waals surface area contributed by atoms with Crippen LogP contribution in [0.2, 0.25) is 0 Å². The molecule has 20 heavy (non-hydrogen) atoms. The minimum atomic E-state index is -3.37. The number of aromatic nitrogens is 1. The van der Waals surface area contributed by atoms with Crippen molar-refractivity contribution in [2.24, 2.45) is 5.41 Å². The molecule has 0 aliphatic carbocycles. The minimum Gasteiger partial charge on any atom is -0.363 e. The van der Waals surface area contributed by atoms with E-state index in [0.29, 0.717) is 29.3 Å². The third kappa shape index (κ3) is 2.90. The van der Waals surface area contributed by atoms with Crippen LogP contribution in [0.3, 0.4) is 0 Å². The molecule has 0 spiro atoms. The molecule has 2 heterocycles. The summed E-state index contributed by atoms with van der Waals surface area (Å²) in [6.07, 6.45) is 5.68. The summed E-state index contributed by atoms with van der Waals surface area (Å²) in [7, 11) is -3.37. The number of piperidine rings is 1. The highest BCUT2D eigenvalue weighted by Crippen LogP contribution is 2.39. The van der Waals surface area contributed by atoms with Gasteiger partial charge in [-0.1, -0.05) is 26.7 Å². The maximum Gasteiger partial charge on any atom is 0.244 e. The van der Waals surface area contributed by atoms with Crippen molar-refractivity contribution in [3.8, 4) is 0 Å². The SMILES string of the molecule is CCC1(CC)CCN(S(=O)(=O)c2c[nH]c(CCl)c2)CC1. The molecule has 1 fully saturated rings. The van der Waals surface area contributed by atoms with Gasteiger partial charge in [-0.2, -0.15) is 4.31 Å². The molecule has 1 aromatic heterocycles. The van der Waals surface area contributed by atoms with Crippen molar-refractivity contribution in [2.75, 3.05) is 13.1 Å². The molecule has 0 saturated carbocycles. The van der Waals surface area contributed by atoms with E-state index in [0.717, 1.165) is 31.4 Å². The Balaban J connectivity index is 2.13. The Bertz CT molecular complexity index is 539. The largest absolute Gasteiger partial charge is 0.363 e. The first-order chi connectivity index (χ1) is 9.47. The molecular weight excluding hydrogens is 296 g/mol. The van der Waals surface area contributed by atoms with Gasteiger partial charge in [0.05, 0.1) is 10.8 Å². The van der Waals surface area contributed by atoms with Gasteiger partial charge in [0.25, 0.3) is 0 Å². The van der Waals surface area contributed by atoms with Crippen LogP contribution in [0, 0.1) is 5.41 Å². The zero-order valence-electron chi connectivity index (χ0n) is 12.2. The number of halogens is 1. The highest BCUT2D eigenvalue weighted by atomic mass is 35.5. The lowest BCUT2D eigenvalue weighted by molar-refractivity contribution is 0.141. The molecule has 1 aliphatic heterocycles. The molecular formula is C14H23ClN2O2S.